The van der Waals surface area contributed by atoms with Gasteiger partial charge in [0.2, 0.25) is 0 Å². The number of carbonyl (C=O) groups is 3. The van der Waals surface area contributed by atoms with E-state index in [0.717, 1.165) is 135 Å². The van der Waals surface area contributed by atoms with Gasteiger partial charge in [-0.3, -0.25) is 14.4 Å². The van der Waals surface area contributed by atoms with Crippen molar-refractivity contribution < 1.29 is 28.6 Å². The summed E-state index contributed by atoms with van der Waals surface area (Å²) in [6.07, 6.45) is 84.8. The van der Waals surface area contributed by atoms with Crippen molar-refractivity contribution in [2.45, 2.75) is 277 Å². The van der Waals surface area contributed by atoms with E-state index in [1.165, 1.54) is 96.3 Å². The molecule has 0 saturated carbocycles. The molecule has 6 nitrogen and oxygen atoms in total. The molecule has 0 fully saturated rings. The van der Waals surface area contributed by atoms with Gasteiger partial charge in [0.1, 0.15) is 13.2 Å². The maximum absolute atomic E-state index is 12.9. The maximum Gasteiger partial charge on any atom is 0.306 e. The van der Waals surface area contributed by atoms with E-state index in [2.05, 4.69) is 142 Å². The second-order valence-electron chi connectivity index (χ2n) is 19.9. The van der Waals surface area contributed by atoms with Crippen LogP contribution < -0.4 is 0 Å². The van der Waals surface area contributed by atoms with Crippen LogP contribution in [0.4, 0.5) is 0 Å². The lowest BCUT2D eigenvalue weighted by Crippen LogP contribution is -2.30. The highest BCUT2D eigenvalue weighted by atomic mass is 16.6. The van der Waals surface area contributed by atoms with Gasteiger partial charge in [0, 0.05) is 19.3 Å². The summed E-state index contributed by atoms with van der Waals surface area (Å²) in [5, 5.41) is 0. The Morgan fingerprint density at radius 1 is 0.284 bits per heavy atom. The van der Waals surface area contributed by atoms with Gasteiger partial charge in [-0.1, -0.05) is 264 Å². The molecule has 0 amide bonds. The largest absolute Gasteiger partial charge is 0.462 e. The minimum Gasteiger partial charge on any atom is -0.462 e. The van der Waals surface area contributed by atoms with Gasteiger partial charge in [0.05, 0.1) is 0 Å². The summed E-state index contributed by atoms with van der Waals surface area (Å²) < 4.78 is 16.9. The Kier molecular flexibility index (Phi) is 57.9. The SMILES string of the molecule is CC/C=C\C/C=C\C/C=C\C/C=C\C/C=C\C/C=C\C/C=C\CCCCCCCCCC(=O)OCC(COC(=O)CCCCCCCCCCCC)OC(=O)CCCCCCCCC/C=C\C/C=C\C/C=C\CC. The molecule has 0 radical (unpaired) electrons. The van der Waals surface area contributed by atoms with E-state index in [1.807, 2.05) is 0 Å². The van der Waals surface area contributed by atoms with E-state index >= 15 is 0 Å². The molecule has 0 aliphatic heterocycles. The molecule has 74 heavy (non-hydrogen) atoms. The van der Waals surface area contributed by atoms with Crippen LogP contribution in [0.5, 0.6) is 0 Å². The van der Waals surface area contributed by atoms with E-state index in [4.69, 9.17) is 14.2 Å². The molecule has 0 bridgehead atoms. The zero-order valence-electron chi connectivity index (χ0n) is 48.1. The minimum absolute atomic E-state index is 0.0859. The number of esters is 3. The first-order valence-electron chi connectivity index (χ1n) is 30.5. The number of hydrogen-bond donors (Lipinski definition) is 0. The van der Waals surface area contributed by atoms with Gasteiger partial charge in [-0.05, 0) is 109 Å². The van der Waals surface area contributed by atoms with Gasteiger partial charge in [-0.2, -0.15) is 0 Å². The van der Waals surface area contributed by atoms with Crippen LogP contribution in [0.2, 0.25) is 0 Å². The third-order valence-electron chi connectivity index (χ3n) is 12.7. The zero-order valence-corrected chi connectivity index (χ0v) is 48.1. The molecule has 0 spiro atoms. The number of allylic oxidation sites excluding steroid dienone is 20. The predicted octanol–water partition coefficient (Wildman–Crippen LogP) is 20.8. The molecule has 0 rings (SSSR count). The van der Waals surface area contributed by atoms with E-state index in [-0.39, 0.29) is 31.1 Å². The van der Waals surface area contributed by atoms with E-state index in [9.17, 15) is 14.4 Å². The summed E-state index contributed by atoms with van der Waals surface area (Å²) >= 11 is 0. The Morgan fingerprint density at radius 2 is 0.527 bits per heavy atom. The Labute approximate surface area is 456 Å². The molecule has 0 aromatic carbocycles. The Morgan fingerprint density at radius 3 is 0.824 bits per heavy atom. The highest BCUT2D eigenvalue weighted by Gasteiger charge is 2.19. The van der Waals surface area contributed by atoms with E-state index in [0.29, 0.717) is 19.3 Å². The van der Waals surface area contributed by atoms with E-state index in [1.54, 1.807) is 0 Å². The van der Waals surface area contributed by atoms with Gasteiger partial charge in [0.25, 0.3) is 0 Å². The van der Waals surface area contributed by atoms with Crippen molar-refractivity contribution in [3.8, 4) is 0 Å². The molecule has 1 atom stereocenters. The summed E-state index contributed by atoms with van der Waals surface area (Å²) in [5.74, 6) is -0.907. The van der Waals surface area contributed by atoms with Crippen LogP contribution in [0.3, 0.4) is 0 Å². The molecular weight excluding hydrogens is 913 g/mol. The van der Waals surface area contributed by atoms with Crippen LogP contribution >= 0.6 is 0 Å². The Bertz CT molecular complexity index is 1550. The first-order valence-corrected chi connectivity index (χ1v) is 30.5. The van der Waals surface area contributed by atoms with Crippen LogP contribution in [0.15, 0.2) is 122 Å². The van der Waals surface area contributed by atoms with Gasteiger partial charge in [-0.25, -0.2) is 0 Å². The summed E-state index contributed by atoms with van der Waals surface area (Å²) in [6, 6.07) is 0. The average Bonchev–Trinajstić information content (AvgIpc) is 3.40. The van der Waals surface area contributed by atoms with Gasteiger partial charge in [-0.15, -0.1) is 0 Å². The van der Waals surface area contributed by atoms with Crippen LogP contribution in [0.25, 0.3) is 0 Å². The van der Waals surface area contributed by atoms with Crippen molar-refractivity contribution in [2.75, 3.05) is 13.2 Å². The number of ether oxygens (including phenoxy) is 3. The lowest BCUT2D eigenvalue weighted by atomic mass is 10.1. The normalized spacial score (nSPS) is 13.0. The lowest BCUT2D eigenvalue weighted by molar-refractivity contribution is -0.167. The zero-order chi connectivity index (χ0) is 53.6. The smallest absolute Gasteiger partial charge is 0.306 e. The standard InChI is InChI=1S/C68H112O6/c1-4-7-10-13-16-19-22-24-26-28-29-30-31-32-33-34-35-36-37-38-39-41-42-44-46-49-52-55-58-61-67(70)73-64-65(63-72-66(69)60-57-54-51-48-21-18-15-12-9-6-3)74-68(71)62-59-56-53-50-47-45-43-40-27-25-23-20-17-14-11-8-5-2/h7-8,10-11,16-17,19-20,24-27,29-30,32-33,35-36,38-39,65H,4-6,9,12-15,18,21-23,28,31,34,37,40-64H2,1-3H3/b10-7-,11-8-,19-16-,20-17-,26-24-,27-25-,30-29-,33-32-,36-35-,39-38-. The summed E-state index contributed by atoms with van der Waals surface area (Å²) in [6.45, 7) is 6.39. The predicted molar refractivity (Wildman–Crippen MR) is 320 cm³/mol. The third kappa shape index (κ3) is 58.7. The second-order valence-corrected chi connectivity index (χ2v) is 19.9. The minimum atomic E-state index is -0.789. The van der Waals surface area contributed by atoms with Crippen LogP contribution in [0.1, 0.15) is 271 Å². The highest BCUT2D eigenvalue weighted by Crippen LogP contribution is 2.15. The lowest BCUT2D eigenvalue weighted by Gasteiger charge is -2.18. The number of unbranched alkanes of at least 4 members (excludes halogenated alkanes) is 23. The first-order chi connectivity index (χ1) is 36.5. The molecule has 1 unspecified atom stereocenters. The molecule has 0 N–H and O–H groups in total. The quantitative estimate of drug-likeness (QED) is 0.0261. The number of rotatable bonds is 54. The fourth-order valence-corrected chi connectivity index (χ4v) is 8.20. The second kappa shape index (κ2) is 61.4. The topological polar surface area (TPSA) is 78.9 Å². The van der Waals surface area contributed by atoms with Crippen molar-refractivity contribution in [3.05, 3.63) is 122 Å². The van der Waals surface area contributed by atoms with Crippen LogP contribution in [-0.2, 0) is 28.6 Å². The molecule has 0 aromatic rings. The molecule has 6 heteroatoms. The van der Waals surface area contributed by atoms with Crippen molar-refractivity contribution in [3.63, 3.8) is 0 Å². The third-order valence-corrected chi connectivity index (χ3v) is 12.7. The first kappa shape index (κ1) is 69.8. The molecule has 0 heterocycles. The number of carbonyl (C=O) groups excluding carboxylic acids is 3. The molecular formula is C68H112O6. The Hall–Kier alpha value is -4.19. The summed E-state index contributed by atoms with van der Waals surface area (Å²) in [5.41, 5.74) is 0. The van der Waals surface area contributed by atoms with Gasteiger partial charge in [0.15, 0.2) is 6.10 Å². The van der Waals surface area contributed by atoms with E-state index < -0.39 is 6.10 Å². The molecule has 420 valence electrons. The maximum atomic E-state index is 12.9. The van der Waals surface area contributed by atoms with Crippen LogP contribution in [-0.4, -0.2) is 37.2 Å². The number of hydrogen-bond acceptors (Lipinski definition) is 6. The van der Waals surface area contributed by atoms with Crippen molar-refractivity contribution in [1.29, 1.82) is 0 Å². The van der Waals surface area contributed by atoms with Crippen molar-refractivity contribution in [2.24, 2.45) is 0 Å². The summed E-state index contributed by atoms with van der Waals surface area (Å²) in [4.78, 5) is 38.2. The average molecular weight is 1030 g/mol. The fourth-order valence-electron chi connectivity index (χ4n) is 8.20. The van der Waals surface area contributed by atoms with Crippen molar-refractivity contribution in [1.82, 2.24) is 0 Å². The highest BCUT2D eigenvalue weighted by molar-refractivity contribution is 5.71. The van der Waals surface area contributed by atoms with Crippen molar-refractivity contribution >= 4 is 17.9 Å². The summed E-state index contributed by atoms with van der Waals surface area (Å²) in [7, 11) is 0. The molecule has 0 saturated heterocycles. The Balaban J connectivity index is 4.29. The van der Waals surface area contributed by atoms with Gasteiger partial charge >= 0.3 is 17.9 Å². The van der Waals surface area contributed by atoms with Gasteiger partial charge < -0.3 is 14.2 Å². The van der Waals surface area contributed by atoms with Crippen LogP contribution in [0, 0.1) is 0 Å². The fraction of sp³-hybridized carbons (Fsp3) is 0.662. The molecule has 0 aromatic heterocycles. The molecule has 0 aliphatic rings. The monoisotopic (exact) mass is 1020 g/mol. The molecule has 0 aliphatic carbocycles.